The molecule has 0 aromatic carbocycles. The second kappa shape index (κ2) is 3.81. The van der Waals surface area contributed by atoms with Gasteiger partial charge < -0.3 is 4.98 Å². The van der Waals surface area contributed by atoms with Gasteiger partial charge in [-0.3, -0.25) is 10.1 Å². The summed E-state index contributed by atoms with van der Waals surface area (Å²) in [6.45, 7) is 0. The van der Waals surface area contributed by atoms with E-state index in [0.29, 0.717) is 15.8 Å². The van der Waals surface area contributed by atoms with Crippen molar-refractivity contribution in [2.24, 2.45) is 0 Å². The average Bonchev–Trinajstić information content (AvgIpc) is 2.75. The first kappa shape index (κ1) is 9.23. The predicted molar refractivity (Wildman–Crippen MR) is 55.9 cm³/mol. The van der Waals surface area contributed by atoms with E-state index in [9.17, 15) is 4.79 Å². The predicted octanol–water partition coefficient (Wildman–Crippen LogP) is 2.38. The second-order valence-electron chi connectivity index (χ2n) is 2.49. The Labute approximate surface area is 88.9 Å². The number of aromatic amines is 1. The number of aromatic nitrogens is 2. The van der Waals surface area contributed by atoms with Gasteiger partial charge in [0, 0.05) is 12.4 Å². The smallest absolute Gasteiger partial charge is 0.269 e. The van der Waals surface area contributed by atoms with Crippen LogP contribution >= 0.6 is 22.9 Å². The van der Waals surface area contributed by atoms with Crippen LogP contribution in [0.2, 0.25) is 5.02 Å². The first-order valence-corrected chi connectivity index (χ1v) is 5.07. The molecule has 2 aromatic heterocycles. The molecule has 0 fully saturated rings. The third-order valence-corrected chi connectivity index (χ3v) is 2.89. The number of carbonyl (C=O) groups excluding carboxylic acids is 1. The van der Waals surface area contributed by atoms with Crippen molar-refractivity contribution in [3.63, 3.8) is 0 Å². The second-order valence-corrected chi connectivity index (χ2v) is 3.81. The summed E-state index contributed by atoms with van der Waals surface area (Å²) < 4.78 is 0. The topological polar surface area (TPSA) is 57.8 Å². The zero-order valence-electron chi connectivity index (χ0n) is 6.95. The van der Waals surface area contributed by atoms with Gasteiger partial charge in [-0.05, 0) is 11.4 Å². The minimum absolute atomic E-state index is 0.250. The highest BCUT2D eigenvalue weighted by Crippen LogP contribution is 2.22. The molecular formula is C8H6ClN3OS. The number of nitrogens with one attached hydrogen (secondary N) is 2. The third kappa shape index (κ3) is 1.78. The highest BCUT2D eigenvalue weighted by atomic mass is 35.5. The van der Waals surface area contributed by atoms with Crippen molar-refractivity contribution in [2.45, 2.75) is 0 Å². The molecule has 0 spiro atoms. The number of nitrogens with zero attached hydrogens (tertiary/aromatic N) is 1. The molecule has 0 aliphatic heterocycles. The van der Waals surface area contributed by atoms with Crippen LogP contribution in [0.5, 0.6) is 0 Å². The lowest BCUT2D eigenvalue weighted by atomic mass is 10.4. The Balaban J connectivity index is 2.14. The van der Waals surface area contributed by atoms with Gasteiger partial charge >= 0.3 is 0 Å². The van der Waals surface area contributed by atoms with Crippen molar-refractivity contribution in [2.75, 3.05) is 5.32 Å². The van der Waals surface area contributed by atoms with E-state index in [1.54, 1.807) is 23.8 Å². The van der Waals surface area contributed by atoms with E-state index in [4.69, 9.17) is 11.6 Å². The zero-order chi connectivity index (χ0) is 9.97. The number of anilines is 1. The van der Waals surface area contributed by atoms with E-state index in [1.807, 2.05) is 0 Å². The standard InChI is InChI=1S/C8H6ClN3OS/c9-5-1-4-14-6(5)7(13)12-8-10-2-3-11-8/h1-4H,(H2,10,11,12,13). The van der Waals surface area contributed by atoms with Crippen LogP contribution in [0.3, 0.4) is 0 Å². The summed E-state index contributed by atoms with van der Waals surface area (Å²) in [5.74, 6) is 0.166. The molecule has 0 aliphatic carbocycles. The summed E-state index contributed by atoms with van der Waals surface area (Å²) in [7, 11) is 0. The van der Waals surface area contributed by atoms with Crippen LogP contribution in [0.4, 0.5) is 5.95 Å². The molecule has 2 rings (SSSR count). The van der Waals surface area contributed by atoms with Crippen molar-refractivity contribution in [1.29, 1.82) is 0 Å². The maximum absolute atomic E-state index is 11.5. The quantitative estimate of drug-likeness (QED) is 0.828. The summed E-state index contributed by atoms with van der Waals surface area (Å²) in [5, 5.41) is 4.81. The molecular weight excluding hydrogens is 222 g/mol. The SMILES string of the molecule is O=C(Nc1ncc[nH]1)c1sccc1Cl. The van der Waals surface area contributed by atoms with Crippen LogP contribution < -0.4 is 5.32 Å². The first-order chi connectivity index (χ1) is 6.77. The van der Waals surface area contributed by atoms with Gasteiger partial charge in [-0.15, -0.1) is 11.3 Å². The fourth-order valence-electron chi connectivity index (χ4n) is 0.954. The maximum atomic E-state index is 11.5. The molecule has 72 valence electrons. The monoisotopic (exact) mass is 227 g/mol. The molecule has 4 nitrogen and oxygen atoms in total. The summed E-state index contributed by atoms with van der Waals surface area (Å²) >= 11 is 7.09. The molecule has 0 unspecified atom stereocenters. The molecule has 0 radical (unpaired) electrons. The van der Waals surface area contributed by atoms with Crippen molar-refractivity contribution in [1.82, 2.24) is 9.97 Å². The molecule has 0 bridgehead atoms. The van der Waals surface area contributed by atoms with Gasteiger partial charge in [0.15, 0.2) is 0 Å². The van der Waals surface area contributed by atoms with E-state index < -0.39 is 0 Å². The number of carbonyl (C=O) groups is 1. The average molecular weight is 228 g/mol. The van der Waals surface area contributed by atoms with Gasteiger partial charge in [-0.1, -0.05) is 11.6 Å². The lowest BCUT2D eigenvalue weighted by Crippen LogP contribution is -2.11. The Bertz CT molecular complexity index is 437. The minimum atomic E-state index is -0.250. The van der Waals surface area contributed by atoms with Crippen LogP contribution in [-0.2, 0) is 0 Å². The lowest BCUT2D eigenvalue weighted by molar-refractivity contribution is 0.103. The van der Waals surface area contributed by atoms with Crippen LogP contribution in [0.25, 0.3) is 0 Å². The van der Waals surface area contributed by atoms with E-state index in [1.165, 1.54) is 11.3 Å². The van der Waals surface area contributed by atoms with Gasteiger partial charge in [0.1, 0.15) is 4.88 Å². The van der Waals surface area contributed by atoms with E-state index in [-0.39, 0.29) is 5.91 Å². The summed E-state index contributed by atoms with van der Waals surface area (Å²) in [5.41, 5.74) is 0. The zero-order valence-corrected chi connectivity index (χ0v) is 8.52. The molecule has 6 heteroatoms. The van der Waals surface area contributed by atoms with Crippen LogP contribution in [0.1, 0.15) is 9.67 Å². The van der Waals surface area contributed by atoms with E-state index in [0.717, 1.165) is 0 Å². The number of halogens is 1. The molecule has 1 amide bonds. The Morgan fingerprint density at radius 2 is 2.50 bits per heavy atom. The normalized spacial score (nSPS) is 10.1. The largest absolute Gasteiger partial charge is 0.331 e. The highest BCUT2D eigenvalue weighted by Gasteiger charge is 2.12. The molecule has 0 aliphatic rings. The third-order valence-electron chi connectivity index (χ3n) is 1.55. The van der Waals surface area contributed by atoms with Crippen molar-refractivity contribution < 1.29 is 4.79 Å². The maximum Gasteiger partial charge on any atom is 0.269 e. The number of hydrogen-bond acceptors (Lipinski definition) is 3. The molecule has 0 atom stereocenters. The summed E-state index contributed by atoms with van der Waals surface area (Å²) in [6.07, 6.45) is 3.19. The van der Waals surface area contributed by atoms with Crippen LogP contribution in [-0.4, -0.2) is 15.9 Å². The van der Waals surface area contributed by atoms with Crippen molar-refractivity contribution in [3.05, 3.63) is 33.7 Å². The fraction of sp³-hybridized carbons (Fsp3) is 0. The van der Waals surface area contributed by atoms with Gasteiger partial charge in [-0.2, -0.15) is 0 Å². The Hall–Kier alpha value is -1.33. The fourth-order valence-corrected chi connectivity index (χ4v) is 1.99. The molecule has 2 heterocycles. The van der Waals surface area contributed by atoms with E-state index in [2.05, 4.69) is 15.3 Å². The van der Waals surface area contributed by atoms with Crippen LogP contribution in [0.15, 0.2) is 23.8 Å². The Morgan fingerprint density at radius 3 is 3.07 bits per heavy atom. The van der Waals surface area contributed by atoms with Crippen LogP contribution in [0, 0.1) is 0 Å². The number of thiophene rings is 1. The van der Waals surface area contributed by atoms with Crippen molar-refractivity contribution >= 4 is 34.8 Å². The number of amides is 1. The van der Waals surface area contributed by atoms with Crippen molar-refractivity contribution in [3.8, 4) is 0 Å². The van der Waals surface area contributed by atoms with E-state index >= 15 is 0 Å². The van der Waals surface area contributed by atoms with Gasteiger partial charge in [0.2, 0.25) is 5.95 Å². The highest BCUT2D eigenvalue weighted by molar-refractivity contribution is 7.12. The van der Waals surface area contributed by atoms with Gasteiger partial charge in [0.05, 0.1) is 5.02 Å². The van der Waals surface area contributed by atoms with Gasteiger partial charge in [-0.25, -0.2) is 4.98 Å². The molecule has 0 saturated heterocycles. The Kier molecular flexibility index (Phi) is 2.51. The summed E-state index contributed by atoms with van der Waals surface area (Å²) in [6, 6.07) is 1.68. The molecule has 14 heavy (non-hydrogen) atoms. The summed E-state index contributed by atoms with van der Waals surface area (Å²) in [4.78, 5) is 18.7. The minimum Gasteiger partial charge on any atom is -0.331 e. The number of H-pyrrole nitrogens is 1. The van der Waals surface area contributed by atoms with Gasteiger partial charge in [0.25, 0.3) is 5.91 Å². The lowest BCUT2D eigenvalue weighted by Gasteiger charge is -1.98. The molecule has 2 aromatic rings. The Morgan fingerprint density at radius 1 is 1.64 bits per heavy atom. The molecule has 0 saturated carbocycles. The number of rotatable bonds is 2. The molecule has 2 N–H and O–H groups in total. The number of hydrogen-bond donors (Lipinski definition) is 2. The first-order valence-electron chi connectivity index (χ1n) is 3.81. The number of imidazole rings is 1.